The zero-order valence-electron chi connectivity index (χ0n) is 11.8. The number of carboxylic acids is 1. The Hall–Kier alpha value is -2.94. The van der Waals surface area contributed by atoms with Gasteiger partial charge in [-0.1, -0.05) is 0 Å². The van der Waals surface area contributed by atoms with Crippen molar-refractivity contribution < 1.29 is 9.90 Å². The summed E-state index contributed by atoms with van der Waals surface area (Å²) in [5.41, 5.74) is 1.34. The number of pyridine rings is 1. The zero-order valence-corrected chi connectivity index (χ0v) is 11.8. The number of nitriles is 1. The molecule has 0 unspecified atom stereocenters. The highest BCUT2D eigenvalue weighted by Crippen LogP contribution is 2.30. The van der Waals surface area contributed by atoms with Gasteiger partial charge in [0.2, 0.25) is 0 Å². The number of carboxylic acid groups (broad SMARTS) is 1. The summed E-state index contributed by atoms with van der Waals surface area (Å²) in [5, 5.41) is 22.5. The zero-order chi connectivity index (χ0) is 15.5. The van der Waals surface area contributed by atoms with Gasteiger partial charge in [-0.2, -0.15) is 10.4 Å². The summed E-state index contributed by atoms with van der Waals surface area (Å²) in [6, 6.07) is 7.17. The first kappa shape index (κ1) is 14.0. The van der Waals surface area contributed by atoms with Crippen molar-refractivity contribution in [2.45, 2.75) is 25.3 Å². The lowest BCUT2D eigenvalue weighted by atomic mass is 9.93. The molecular formula is C16H14N4O2. The van der Waals surface area contributed by atoms with Crippen LogP contribution >= 0.6 is 0 Å². The first-order chi connectivity index (χ1) is 10.7. The maximum absolute atomic E-state index is 11.0. The van der Waals surface area contributed by atoms with Crippen LogP contribution in [0.4, 0.5) is 0 Å². The second-order valence-corrected chi connectivity index (χ2v) is 5.18. The van der Waals surface area contributed by atoms with Crippen LogP contribution < -0.4 is 0 Å². The van der Waals surface area contributed by atoms with Crippen LogP contribution in [0.15, 0.2) is 24.4 Å². The second kappa shape index (κ2) is 5.82. The van der Waals surface area contributed by atoms with Gasteiger partial charge in [0.15, 0.2) is 0 Å². The van der Waals surface area contributed by atoms with Crippen LogP contribution in [0, 0.1) is 11.3 Å². The standard InChI is InChI=1S/C16H14N4O2/c17-10-11-4-6-15(16(21)22)18-14(11)7-5-12-8-9-20(19-12)13-2-1-3-13/h4-9,13H,1-3H2,(H,21,22)/b7-5+. The highest BCUT2D eigenvalue weighted by molar-refractivity contribution is 5.86. The van der Waals surface area contributed by atoms with Gasteiger partial charge in [-0.05, 0) is 49.6 Å². The van der Waals surface area contributed by atoms with Gasteiger partial charge in [-0.15, -0.1) is 0 Å². The lowest BCUT2D eigenvalue weighted by Crippen LogP contribution is -2.17. The molecule has 22 heavy (non-hydrogen) atoms. The number of carbonyl (C=O) groups is 1. The monoisotopic (exact) mass is 294 g/mol. The third kappa shape index (κ3) is 2.74. The molecule has 1 aliphatic carbocycles. The van der Waals surface area contributed by atoms with E-state index in [1.807, 2.05) is 23.0 Å². The topological polar surface area (TPSA) is 91.8 Å². The van der Waals surface area contributed by atoms with E-state index in [1.54, 1.807) is 12.2 Å². The van der Waals surface area contributed by atoms with Crippen LogP contribution in [-0.4, -0.2) is 25.8 Å². The molecule has 0 radical (unpaired) electrons. The molecule has 0 amide bonds. The summed E-state index contributed by atoms with van der Waals surface area (Å²) < 4.78 is 1.95. The normalized spacial score (nSPS) is 14.7. The second-order valence-electron chi connectivity index (χ2n) is 5.18. The number of hydrogen-bond donors (Lipinski definition) is 1. The lowest BCUT2D eigenvalue weighted by molar-refractivity contribution is 0.0690. The van der Waals surface area contributed by atoms with Gasteiger partial charge in [-0.3, -0.25) is 4.68 Å². The van der Waals surface area contributed by atoms with Crippen LogP contribution in [-0.2, 0) is 0 Å². The van der Waals surface area contributed by atoms with Crippen LogP contribution in [0.3, 0.4) is 0 Å². The van der Waals surface area contributed by atoms with Gasteiger partial charge in [0.05, 0.1) is 23.0 Å². The minimum Gasteiger partial charge on any atom is -0.477 e. The number of aromatic nitrogens is 3. The maximum atomic E-state index is 11.0. The number of nitrogens with zero attached hydrogens (tertiary/aromatic N) is 4. The summed E-state index contributed by atoms with van der Waals surface area (Å²) in [6.45, 7) is 0. The summed E-state index contributed by atoms with van der Waals surface area (Å²) in [4.78, 5) is 14.9. The van der Waals surface area contributed by atoms with Gasteiger partial charge in [0, 0.05) is 6.20 Å². The summed E-state index contributed by atoms with van der Waals surface area (Å²) in [6.07, 6.45) is 8.86. The Morgan fingerprint density at radius 2 is 2.18 bits per heavy atom. The highest BCUT2D eigenvalue weighted by Gasteiger charge is 2.19. The van der Waals surface area contributed by atoms with Crippen molar-refractivity contribution in [3.63, 3.8) is 0 Å². The van der Waals surface area contributed by atoms with Crippen molar-refractivity contribution >= 4 is 18.1 Å². The van der Waals surface area contributed by atoms with Gasteiger partial charge in [0.1, 0.15) is 11.8 Å². The number of aromatic carboxylic acids is 1. The summed E-state index contributed by atoms with van der Waals surface area (Å²) in [5.74, 6) is -1.12. The molecule has 0 aliphatic heterocycles. The molecule has 110 valence electrons. The Bertz CT molecular complexity index is 782. The van der Waals surface area contributed by atoms with E-state index < -0.39 is 5.97 Å². The van der Waals surface area contributed by atoms with Crippen molar-refractivity contribution in [2.75, 3.05) is 0 Å². The van der Waals surface area contributed by atoms with E-state index in [1.165, 1.54) is 18.6 Å². The van der Waals surface area contributed by atoms with E-state index in [4.69, 9.17) is 10.4 Å². The predicted octanol–water partition coefficient (Wildman–Crippen LogP) is 2.74. The fourth-order valence-corrected chi connectivity index (χ4v) is 2.28. The molecular weight excluding hydrogens is 280 g/mol. The maximum Gasteiger partial charge on any atom is 0.354 e. The highest BCUT2D eigenvalue weighted by atomic mass is 16.4. The molecule has 0 atom stereocenters. The van der Waals surface area contributed by atoms with Crippen LogP contribution in [0.25, 0.3) is 12.2 Å². The average molecular weight is 294 g/mol. The molecule has 0 bridgehead atoms. The molecule has 1 fully saturated rings. The Balaban J connectivity index is 1.85. The number of rotatable bonds is 4. The Labute approximate surface area is 127 Å². The molecule has 6 nitrogen and oxygen atoms in total. The van der Waals surface area contributed by atoms with Gasteiger partial charge < -0.3 is 5.11 Å². The molecule has 1 aliphatic rings. The van der Waals surface area contributed by atoms with Gasteiger partial charge in [0.25, 0.3) is 0 Å². The molecule has 2 aromatic rings. The van der Waals surface area contributed by atoms with E-state index in [-0.39, 0.29) is 5.69 Å². The fraction of sp³-hybridized carbons (Fsp3) is 0.250. The van der Waals surface area contributed by atoms with Crippen molar-refractivity contribution in [1.82, 2.24) is 14.8 Å². The molecule has 0 aromatic carbocycles. The smallest absolute Gasteiger partial charge is 0.354 e. The molecule has 2 aromatic heterocycles. The average Bonchev–Trinajstić information content (AvgIpc) is 2.91. The summed E-state index contributed by atoms with van der Waals surface area (Å²) >= 11 is 0. The Kier molecular flexibility index (Phi) is 3.71. The molecule has 1 N–H and O–H groups in total. The van der Waals surface area contributed by atoms with Crippen molar-refractivity contribution in [1.29, 1.82) is 5.26 Å². The van der Waals surface area contributed by atoms with E-state index in [2.05, 4.69) is 10.1 Å². The first-order valence-corrected chi connectivity index (χ1v) is 7.05. The first-order valence-electron chi connectivity index (χ1n) is 7.05. The van der Waals surface area contributed by atoms with Gasteiger partial charge >= 0.3 is 5.97 Å². The van der Waals surface area contributed by atoms with Crippen molar-refractivity contribution in [3.8, 4) is 6.07 Å². The summed E-state index contributed by atoms with van der Waals surface area (Å²) in [7, 11) is 0. The molecule has 0 saturated heterocycles. The third-order valence-corrected chi connectivity index (χ3v) is 3.75. The quantitative estimate of drug-likeness (QED) is 0.936. The molecule has 0 spiro atoms. The fourth-order valence-electron chi connectivity index (χ4n) is 2.28. The minimum absolute atomic E-state index is 0.0846. The lowest BCUT2D eigenvalue weighted by Gasteiger charge is -2.25. The third-order valence-electron chi connectivity index (χ3n) is 3.75. The SMILES string of the molecule is N#Cc1ccc(C(=O)O)nc1/C=C/c1ccn(C2CCC2)n1. The largest absolute Gasteiger partial charge is 0.477 e. The van der Waals surface area contributed by atoms with Crippen molar-refractivity contribution in [3.05, 3.63) is 47.0 Å². The number of hydrogen-bond acceptors (Lipinski definition) is 4. The van der Waals surface area contributed by atoms with E-state index in [0.29, 0.717) is 17.3 Å². The molecule has 2 heterocycles. The predicted molar refractivity (Wildman–Crippen MR) is 80.0 cm³/mol. The Morgan fingerprint density at radius 3 is 2.82 bits per heavy atom. The Morgan fingerprint density at radius 1 is 1.36 bits per heavy atom. The van der Waals surface area contributed by atoms with Crippen molar-refractivity contribution in [2.24, 2.45) is 0 Å². The molecule has 1 saturated carbocycles. The van der Waals surface area contributed by atoms with Crippen LogP contribution in [0.1, 0.15) is 52.7 Å². The van der Waals surface area contributed by atoms with E-state index in [0.717, 1.165) is 18.5 Å². The molecule has 3 rings (SSSR count). The van der Waals surface area contributed by atoms with E-state index in [9.17, 15) is 4.79 Å². The minimum atomic E-state index is -1.12. The molecule has 6 heteroatoms. The van der Waals surface area contributed by atoms with Crippen LogP contribution in [0.5, 0.6) is 0 Å². The van der Waals surface area contributed by atoms with E-state index >= 15 is 0 Å². The van der Waals surface area contributed by atoms with Crippen LogP contribution in [0.2, 0.25) is 0 Å². The van der Waals surface area contributed by atoms with Gasteiger partial charge in [-0.25, -0.2) is 9.78 Å².